The number of ether oxygens (including phenoxy) is 1. The van der Waals surface area contributed by atoms with Crippen molar-refractivity contribution in [3.8, 4) is 0 Å². The van der Waals surface area contributed by atoms with Gasteiger partial charge in [0.2, 0.25) is 11.8 Å². The maximum atomic E-state index is 13.3. The van der Waals surface area contributed by atoms with Crippen LogP contribution in [0.1, 0.15) is 44.1 Å². The molecule has 0 aromatic heterocycles. The fraction of sp³-hybridized carbons (Fsp3) is 0.652. The molecule has 1 aromatic carbocycles. The Labute approximate surface area is 173 Å². The molecule has 0 atom stereocenters. The minimum absolute atomic E-state index is 0.0203. The number of carbonyl (C=O) groups is 2. The standard InChI is InChI=1S/C23H33N3O3/c24-17-23(10-14-29-15-11-23)22(28)25-12-8-19(9-13-25)21(27)26(20-6-7-20)16-18-4-2-1-3-5-18/h1-5,19-20H,6-17,24H2. The Kier molecular flexibility index (Phi) is 6.20. The largest absolute Gasteiger partial charge is 0.381 e. The van der Waals surface area contributed by atoms with E-state index in [1.165, 1.54) is 5.56 Å². The summed E-state index contributed by atoms with van der Waals surface area (Å²) >= 11 is 0. The van der Waals surface area contributed by atoms with E-state index in [0.29, 0.717) is 58.3 Å². The zero-order valence-corrected chi connectivity index (χ0v) is 17.2. The van der Waals surface area contributed by atoms with Crippen LogP contribution in [-0.4, -0.2) is 60.5 Å². The average Bonchev–Trinajstić information content (AvgIpc) is 3.63. The van der Waals surface area contributed by atoms with Crippen molar-refractivity contribution in [3.05, 3.63) is 35.9 Å². The summed E-state index contributed by atoms with van der Waals surface area (Å²) in [6, 6.07) is 10.6. The van der Waals surface area contributed by atoms with E-state index < -0.39 is 5.41 Å². The third-order valence-electron chi connectivity index (χ3n) is 6.89. The molecular formula is C23H33N3O3. The predicted molar refractivity (Wildman–Crippen MR) is 111 cm³/mol. The van der Waals surface area contributed by atoms with Crippen molar-refractivity contribution in [1.29, 1.82) is 0 Å². The maximum Gasteiger partial charge on any atom is 0.230 e. The highest BCUT2D eigenvalue weighted by Crippen LogP contribution is 2.35. The number of nitrogens with two attached hydrogens (primary N) is 1. The minimum Gasteiger partial charge on any atom is -0.381 e. The molecule has 2 heterocycles. The molecule has 2 amide bonds. The predicted octanol–water partition coefficient (Wildman–Crippen LogP) is 2.17. The van der Waals surface area contributed by atoms with E-state index in [1.807, 2.05) is 23.1 Å². The molecular weight excluding hydrogens is 366 g/mol. The lowest BCUT2D eigenvalue weighted by Gasteiger charge is -2.41. The lowest BCUT2D eigenvalue weighted by Crippen LogP contribution is -2.53. The summed E-state index contributed by atoms with van der Waals surface area (Å²) in [5.41, 5.74) is 6.73. The van der Waals surface area contributed by atoms with E-state index >= 15 is 0 Å². The number of rotatable bonds is 6. The number of benzene rings is 1. The molecule has 1 saturated carbocycles. The number of hydrogen-bond donors (Lipinski definition) is 1. The third-order valence-corrected chi connectivity index (χ3v) is 6.89. The minimum atomic E-state index is -0.470. The molecule has 29 heavy (non-hydrogen) atoms. The Morgan fingerprint density at radius 3 is 2.31 bits per heavy atom. The zero-order chi connectivity index (χ0) is 20.3. The van der Waals surface area contributed by atoms with Gasteiger partial charge in [-0.15, -0.1) is 0 Å². The molecule has 1 aromatic rings. The molecule has 2 aliphatic heterocycles. The van der Waals surface area contributed by atoms with Crippen LogP contribution < -0.4 is 5.73 Å². The summed E-state index contributed by atoms with van der Waals surface area (Å²) in [7, 11) is 0. The number of nitrogens with zero attached hydrogens (tertiary/aromatic N) is 2. The van der Waals surface area contributed by atoms with Gasteiger partial charge in [0, 0.05) is 51.4 Å². The van der Waals surface area contributed by atoms with E-state index in [0.717, 1.165) is 25.7 Å². The molecule has 0 bridgehead atoms. The number of piperidine rings is 1. The molecule has 6 nitrogen and oxygen atoms in total. The maximum absolute atomic E-state index is 13.3. The molecule has 1 aliphatic carbocycles. The van der Waals surface area contributed by atoms with E-state index in [1.54, 1.807) is 0 Å². The highest BCUT2D eigenvalue weighted by Gasteiger charge is 2.43. The Hall–Kier alpha value is -1.92. The topological polar surface area (TPSA) is 75.9 Å². The van der Waals surface area contributed by atoms with E-state index in [9.17, 15) is 9.59 Å². The summed E-state index contributed by atoms with van der Waals surface area (Å²) in [5, 5.41) is 0. The summed E-state index contributed by atoms with van der Waals surface area (Å²) in [6.45, 7) is 3.59. The Balaban J connectivity index is 1.35. The van der Waals surface area contributed by atoms with Gasteiger partial charge < -0.3 is 20.3 Å². The lowest BCUT2D eigenvalue weighted by atomic mass is 9.78. The second-order valence-electron chi connectivity index (χ2n) is 8.85. The molecule has 6 heteroatoms. The van der Waals surface area contributed by atoms with Gasteiger partial charge >= 0.3 is 0 Å². The summed E-state index contributed by atoms with van der Waals surface area (Å²) in [6.07, 6.45) is 5.12. The highest BCUT2D eigenvalue weighted by atomic mass is 16.5. The first kappa shape index (κ1) is 20.4. The van der Waals surface area contributed by atoms with Crippen LogP contribution in [0.25, 0.3) is 0 Å². The Morgan fingerprint density at radius 2 is 1.72 bits per heavy atom. The summed E-state index contributed by atoms with van der Waals surface area (Å²) < 4.78 is 5.44. The lowest BCUT2D eigenvalue weighted by molar-refractivity contribution is -0.151. The molecule has 0 radical (unpaired) electrons. The smallest absolute Gasteiger partial charge is 0.230 e. The average molecular weight is 400 g/mol. The highest BCUT2D eigenvalue weighted by molar-refractivity contribution is 5.84. The van der Waals surface area contributed by atoms with Gasteiger partial charge in [0.15, 0.2) is 0 Å². The molecule has 2 saturated heterocycles. The van der Waals surface area contributed by atoms with Crippen molar-refractivity contribution in [2.24, 2.45) is 17.1 Å². The van der Waals surface area contributed by atoms with Gasteiger partial charge in [-0.25, -0.2) is 0 Å². The monoisotopic (exact) mass is 399 g/mol. The van der Waals surface area contributed by atoms with E-state index in [-0.39, 0.29) is 17.7 Å². The van der Waals surface area contributed by atoms with Crippen molar-refractivity contribution in [2.75, 3.05) is 32.8 Å². The Bertz CT molecular complexity index is 705. The van der Waals surface area contributed by atoms with Crippen LogP contribution in [0.4, 0.5) is 0 Å². The number of carbonyl (C=O) groups excluding carboxylic acids is 2. The van der Waals surface area contributed by atoms with Gasteiger partial charge in [0.25, 0.3) is 0 Å². The van der Waals surface area contributed by atoms with Crippen molar-refractivity contribution < 1.29 is 14.3 Å². The fourth-order valence-corrected chi connectivity index (χ4v) is 4.72. The molecule has 3 aliphatic rings. The quantitative estimate of drug-likeness (QED) is 0.795. The summed E-state index contributed by atoms with van der Waals surface area (Å²) in [5.74, 6) is 0.451. The molecule has 2 N–H and O–H groups in total. The van der Waals surface area contributed by atoms with Gasteiger partial charge in [0.1, 0.15) is 0 Å². The number of hydrogen-bond acceptors (Lipinski definition) is 4. The first-order valence-corrected chi connectivity index (χ1v) is 11.0. The van der Waals surface area contributed by atoms with Crippen molar-refractivity contribution in [2.45, 2.75) is 51.1 Å². The van der Waals surface area contributed by atoms with Crippen LogP contribution in [0.5, 0.6) is 0 Å². The first-order chi connectivity index (χ1) is 14.1. The second-order valence-corrected chi connectivity index (χ2v) is 8.85. The number of amides is 2. The van der Waals surface area contributed by atoms with Crippen LogP contribution in [-0.2, 0) is 20.9 Å². The van der Waals surface area contributed by atoms with Crippen molar-refractivity contribution >= 4 is 11.8 Å². The molecule has 0 unspecified atom stereocenters. The first-order valence-electron chi connectivity index (χ1n) is 11.0. The van der Waals surface area contributed by atoms with Crippen LogP contribution in [0.3, 0.4) is 0 Å². The third kappa shape index (κ3) is 4.48. The Morgan fingerprint density at radius 1 is 1.07 bits per heavy atom. The second kappa shape index (κ2) is 8.84. The zero-order valence-electron chi connectivity index (χ0n) is 17.2. The van der Waals surface area contributed by atoms with Gasteiger partial charge in [-0.1, -0.05) is 30.3 Å². The molecule has 4 rings (SSSR count). The van der Waals surface area contributed by atoms with Gasteiger partial charge in [-0.05, 0) is 44.1 Å². The molecule has 0 spiro atoms. The van der Waals surface area contributed by atoms with Crippen LogP contribution in [0, 0.1) is 11.3 Å². The van der Waals surface area contributed by atoms with E-state index in [4.69, 9.17) is 10.5 Å². The number of likely N-dealkylation sites (tertiary alicyclic amines) is 1. The molecule has 158 valence electrons. The van der Waals surface area contributed by atoms with Gasteiger partial charge in [0.05, 0.1) is 5.41 Å². The fourth-order valence-electron chi connectivity index (χ4n) is 4.72. The van der Waals surface area contributed by atoms with Gasteiger partial charge in [-0.3, -0.25) is 9.59 Å². The van der Waals surface area contributed by atoms with Crippen molar-refractivity contribution in [1.82, 2.24) is 9.80 Å². The SMILES string of the molecule is NCC1(C(=O)N2CCC(C(=O)N(Cc3ccccc3)C3CC3)CC2)CCOCC1. The van der Waals surface area contributed by atoms with Crippen molar-refractivity contribution in [3.63, 3.8) is 0 Å². The van der Waals surface area contributed by atoms with E-state index in [2.05, 4.69) is 17.0 Å². The molecule has 3 fully saturated rings. The van der Waals surface area contributed by atoms with Crippen LogP contribution in [0.2, 0.25) is 0 Å². The van der Waals surface area contributed by atoms with Gasteiger partial charge in [-0.2, -0.15) is 0 Å². The van der Waals surface area contributed by atoms with Crippen LogP contribution in [0.15, 0.2) is 30.3 Å². The summed E-state index contributed by atoms with van der Waals surface area (Å²) in [4.78, 5) is 30.5. The van der Waals surface area contributed by atoms with Crippen LogP contribution >= 0.6 is 0 Å². The normalized spacial score (nSPS) is 22.3.